The molecule has 2 aromatic heterocycles. The number of oxazole rings is 1. The van der Waals surface area contributed by atoms with Gasteiger partial charge in [-0.2, -0.15) is 0 Å². The molecular formula is C29H43NO4SSi2. The number of nitrogens with zero attached hydrogens (tertiary/aromatic N) is 1. The highest BCUT2D eigenvalue weighted by Gasteiger charge is 2.45. The lowest BCUT2D eigenvalue weighted by Crippen LogP contribution is -2.47. The first kappa shape index (κ1) is 29.7. The molecule has 0 bridgehead atoms. The van der Waals surface area contributed by atoms with Crippen molar-refractivity contribution < 1.29 is 18.1 Å². The molecule has 2 heterocycles. The third kappa shape index (κ3) is 7.38. The largest absolute Gasteiger partial charge is 0.441 e. The van der Waals surface area contributed by atoms with Gasteiger partial charge in [0.2, 0.25) is 5.89 Å². The van der Waals surface area contributed by atoms with E-state index in [0.717, 1.165) is 39.5 Å². The van der Waals surface area contributed by atoms with Gasteiger partial charge in [0.1, 0.15) is 11.5 Å². The van der Waals surface area contributed by atoms with Gasteiger partial charge in [-0.3, -0.25) is 4.79 Å². The fourth-order valence-electron chi connectivity index (χ4n) is 3.75. The molecule has 0 saturated carbocycles. The minimum atomic E-state index is -1.75. The van der Waals surface area contributed by atoms with Crippen molar-refractivity contribution >= 4 is 35.7 Å². The summed E-state index contributed by atoms with van der Waals surface area (Å²) in [6.45, 7) is 21.9. The van der Waals surface area contributed by atoms with Gasteiger partial charge in [-0.25, -0.2) is 4.98 Å². The predicted octanol–water partition coefficient (Wildman–Crippen LogP) is 7.96. The fraction of sp³-hybridized carbons (Fsp3) is 0.517. The summed E-state index contributed by atoms with van der Waals surface area (Å²) in [5.74, 6) is 0.291. The van der Waals surface area contributed by atoms with E-state index in [2.05, 4.69) is 73.7 Å². The summed E-state index contributed by atoms with van der Waals surface area (Å²) >= 11 is 1.52. The van der Waals surface area contributed by atoms with Crippen LogP contribution >= 0.6 is 11.3 Å². The summed E-state index contributed by atoms with van der Waals surface area (Å²) in [6.07, 6.45) is 2.24. The number of carbonyl (C=O) groups excluding carboxylic acids is 1. The molecule has 2 unspecified atom stereocenters. The minimum Gasteiger partial charge on any atom is -0.441 e. The van der Waals surface area contributed by atoms with E-state index >= 15 is 0 Å². The third-order valence-corrected chi connectivity index (χ3v) is 14.5. The van der Waals surface area contributed by atoms with Gasteiger partial charge >= 0.3 is 0 Å². The molecule has 3 rings (SSSR count). The fourth-order valence-corrected chi connectivity index (χ4v) is 7.11. The molecule has 0 aliphatic heterocycles. The molecule has 0 aliphatic rings. The van der Waals surface area contributed by atoms with Crippen LogP contribution in [0, 0.1) is 13.8 Å². The van der Waals surface area contributed by atoms with E-state index in [4.69, 9.17) is 18.3 Å². The molecule has 0 radical (unpaired) electrons. The van der Waals surface area contributed by atoms with Crippen LogP contribution in [0.5, 0.6) is 0 Å². The number of thiophene rings is 1. The van der Waals surface area contributed by atoms with Crippen molar-refractivity contribution in [3.05, 3.63) is 63.2 Å². The van der Waals surface area contributed by atoms with E-state index in [9.17, 15) is 4.79 Å². The average Bonchev–Trinajstić information content (AvgIpc) is 3.43. The maximum Gasteiger partial charge on any atom is 0.226 e. The molecule has 0 N–H and O–H groups in total. The highest BCUT2D eigenvalue weighted by molar-refractivity contribution is 7.13. The second-order valence-electron chi connectivity index (χ2n) is 12.2. The summed E-state index contributed by atoms with van der Waals surface area (Å²) in [6, 6.07) is 12.1. The van der Waals surface area contributed by atoms with Crippen molar-refractivity contribution in [3.63, 3.8) is 0 Å². The summed E-state index contributed by atoms with van der Waals surface area (Å²) in [7, 11) is -3.51. The van der Waals surface area contributed by atoms with Crippen molar-refractivity contribution in [2.24, 2.45) is 0 Å². The number of aryl methyl sites for hydroxylation is 3. The van der Waals surface area contributed by atoms with Crippen molar-refractivity contribution in [2.45, 2.75) is 97.2 Å². The Bertz CT molecular complexity index is 1170. The van der Waals surface area contributed by atoms with E-state index in [1.165, 1.54) is 16.9 Å². The van der Waals surface area contributed by atoms with Gasteiger partial charge in [-0.05, 0) is 67.7 Å². The van der Waals surface area contributed by atoms with Gasteiger partial charge in [0, 0.05) is 16.9 Å². The van der Waals surface area contributed by atoms with Gasteiger partial charge < -0.3 is 13.3 Å². The number of hydrogen-bond acceptors (Lipinski definition) is 6. The van der Waals surface area contributed by atoms with Gasteiger partial charge in [-0.1, -0.05) is 59.2 Å². The number of benzene rings is 1. The Morgan fingerprint density at radius 1 is 0.919 bits per heavy atom. The monoisotopic (exact) mass is 557 g/mol. The van der Waals surface area contributed by atoms with Crippen molar-refractivity contribution in [2.75, 3.05) is 0 Å². The zero-order valence-corrected chi connectivity index (χ0v) is 27.2. The quantitative estimate of drug-likeness (QED) is 0.144. The molecule has 8 heteroatoms. The van der Waals surface area contributed by atoms with Gasteiger partial charge in [0.25, 0.3) is 0 Å². The summed E-state index contributed by atoms with van der Waals surface area (Å²) in [5.41, 5.74) is 2.86. The molecule has 1 aromatic carbocycles. The van der Waals surface area contributed by atoms with Gasteiger partial charge in [0.05, 0.1) is 4.88 Å². The Balaban J connectivity index is 2.14. The first-order valence-electron chi connectivity index (χ1n) is 13.1. The molecule has 0 spiro atoms. The standard InChI is InChI=1S/C29H43NO4SSi2/c1-20-11-13-22(14-12-20)26-30-25(21(2)32-26)29(33-36(9)27(3,4)5,34-37(10)28(6,7)8)18-17-23-15-16-24(19-31)35-23/h11-16,19,36-37H,17-18H2,1-10H3. The molecule has 37 heavy (non-hydrogen) atoms. The van der Waals surface area contributed by atoms with E-state index in [-0.39, 0.29) is 10.1 Å². The van der Waals surface area contributed by atoms with E-state index < -0.39 is 23.9 Å². The van der Waals surface area contributed by atoms with Crippen LogP contribution in [-0.4, -0.2) is 29.4 Å². The van der Waals surface area contributed by atoms with E-state index in [0.29, 0.717) is 12.3 Å². The SMILES string of the molecule is Cc1ccc(-c2nc(C(CCc3ccc(C=O)s3)(O[SiH](C)C(C)(C)C)O[SiH](C)C(C)(C)C)c(C)o2)cc1. The normalized spacial score (nSPS) is 15.8. The smallest absolute Gasteiger partial charge is 0.226 e. The maximum atomic E-state index is 11.3. The minimum absolute atomic E-state index is 0.0339. The number of aromatic nitrogens is 1. The zero-order valence-electron chi connectivity index (χ0n) is 24.1. The van der Waals surface area contributed by atoms with Crippen LogP contribution in [0.4, 0.5) is 0 Å². The molecular weight excluding hydrogens is 515 g/mol. The Morgan fingerprint density at radius 2 is 1.49 bits per heavy atom. The first-order chi connectivity index (χ1) is 17.1. The molecule has 0 fully saturated rings. The van der Waals surface area contributed by atoms with E-state index in [1.807, 2.05) is 31.2 Å². The van der Waals surface area contributed by atoms with Crippen LogP contribution in [0.15, 0.2) is 40.8 Å². The predicted molar refractivity (Wildman–Crippen MR) is 159 cm³/mol. The lowest BCUT2D eigenvalue weighted by atomic mass is 10.1. The number of rotatable bonds is 10. The lowest BCUT2D eigenvalue weighted by Gasteiger charge is -2.43. The Hall–Kier alpha value is -1.85. The highest BCUT2D eigenvalue weighted by atomic mass is 32.1. The summed E-state index contributed by atoms with van der Waals surface area (Å²) < 4.78 is 20.5. The van der Waals surface area contributed by atoms with Crippen molar-refractivity contribution in [1.29, 1.82) is 0 Å². The van der Waals surface area contributed by atoms with Crippen LogP contribution in [0.1, 0.15) is 79.5 Å². The van der Waals surface area contributed by atoms with Crippen molar-refractivity contribution in [3.8, 4) is 11.5 Å². The molecule has 0 aliphatic carbocycles. The molecule has 5 nitrogen and oxygen atoms in total. The van der Waals surface area contributed by atoms with Crippen LogP contribution in [-0.2, 0) is 21.1 Å². The number of hydrogen-bond donors (Lipinski definition) is 0. The van der Waals surface area contributed by atoms with Crippen LogP contribution < -0.4 is 0 Å². The Morgan fingerprint density at radius 3 is 1.97 bits per heavy atom. The van der Waals surface area contributed by atoms with Crippen LogP contribution in [0.3, 0.4) is 0 Å². The van der Waals surface area contributed by atoms with Crippen molar-refractivity contribution in [1.82, 2.24) is 4.98 Å². The van der Waals surface area contributed by atoms with Crippen LogP contribution in [0.2, 0.25) is 23.2 Å². The molecule has 2 atom stereocenters. The Kier molecular flexibility index (Phi) is 9.23. The van der Waals surface area contributed by atoms with Gasteiger partial charge in [0.15, 0.2) is 30.2 Å². The maximum absolute atomic E-state index is 11.3. The molecule has 3 aromatic rings. The molecule has 0 saturated heterocycles. The number of aldehydes is 1. The third-order valence-electron chi connectivity index (χ3n) is 7.13. The first-order valence-corrected chi connectivity index (χ1v) is 18.3. The second-order valence-corrected chi connectivity index (χ2v) is 19.9. The Labute approximate surface area is 230 Å². The second kappa shape index (κ2) is 11.5. The van der Waals surface area contributed by atoms with Gasteiger partial charge in [-0.15, -0.1) is 11.3 Å². The highest BCUT2D eigenvalue weighted by Crippen LogP contribution is 2.43. The van der Waals surface area contributed by atoms with E-state index in [1.54, 1.807) is 0 Å². The summed E-state index contributed by atoms with van der Waals surface area (Å²) in [4.78, 5) is 18.2. The summed E-state index contributed by atoms with van der Waals surface area (Å²) in [5, 5.41) is 0.0678. The topological polar surface area (TPSA) is 61.6 Å². The average molecular weight is 558 g/mol. The lowest BCUT2D eigenvalue weighted by molar-refractivity contribution is -0.142. The van der Waals surface area contributed by atoms with Crippen LogP contribution in [0.25, 0.3) is 11.5 Å². The molecule has 202 valence electrons. The number of carbonyl (C=O) groups is 1. The zero-order chi connectivity index (χ0) is 27.6. The molecule has 0 amide bonds.